The number of piperidine rings is 1. The van der Waals surface area contributed by atoms with E-state index in [1.165, 1.54) is 4.31 Å². The van der Waals surface area contributed by atoms with Crippen molar-refractivity contribution in [3.05, 3.63) is 59.1 Å². The molecule has 2 aromatic carbocycles. The Bertz CT molecular complexity index is 1040. The van der Waals surface area contributed by atoms with Crippen LogP contribution >= 0.6 is 19.2 Å². The highest BCUT2D eigenvalue weighted by Gasteiger charge is 2.53. The summed E-state index contributed by atoms with van der Waals surface area (Å²) in [4.78, 5) is 0.249. The Morgan fingerprint density at radius 2 is 1.53 bits per heavy atom. The van der Waals surface area contributed by atoms with Gasteiger partial charge in [-0.3, -0.25) is 4.57 Å². The summed E-state index contributed by atoms with van der Waals surface area (Å²) >= 11 is 6.01. The van der Waals surface area contributed by atoms with Gasteiger partial charge in [0.25, 0.3) is 0 Å². The lowest BCUT2D eigenvalue weighted by molar-refractivity contribution is 0.179. The molecule has 0 aromatic heterocycles. The van der Waals surface area contributed by atoms with Crippen molar-refractivity contribution in [2.24, 2.45) is 0 Å². The van der Waals surface area contributed by atoms with E-state index in [4.69, 9.17) is 20.6 Å². The van der Waals surface area contributed by atoms with Gasteiger partial charge in [-0.05, 0) is 70.0 Å². The lowest BCUT2D eigenvalue weighted by Crippen LogP contribution is -2.51. The molecule has 0 unspecified atom stereocenters. The van der Waals surface area contributed by atoms with Crippen LogP contribution in [-0.4, -0.2) is 44.3 Å². The average Bonchev–Trinajstić information content (AvgIpc) is 2.76. The second-order valence-corrected chi connectivity index (χ2v) is 12.5. The molecule has 3 rings (SSSR count). The topological polar surface area (TPSA) is 84.9 Å². The van der Waals surface area contributed by atoms with Gasteiger partial charge in [-0.25, -0.2) is 8.42 Å². The van der Waals surface area contributed by atoms with Gasteiger partial charge >= 0.3 is 7.60 Å². The molecule has 0 atom stereocenters. The van der Waals surface area contributed by atoms with E-state index in [2.05, 4.69) is 5.32 Å². The minimum atomic E-state index is -3.66. The lowest BCUT2D eigenvalue weighted by atomic mass is 10.1. The highest BCUT2D eigenvalue weighted by Crippen LogP contribution is 2.63. The first-order valence-electron chi connectivity index (χ1n) is 10.7. The fraction of sp³-hybridized carbons (Fsp3) is 0.455. The van der Waals surface area contributed by atoms with E-state index < -0.39 is 22.9 Å². The van der Waals surface area contributed by atoms with Crippen LogP contribution in [0.15, 0.2) is 53.4 Å². The van der Waals surface area contributed by atoms with Crippen LogP contribution in [0, 0.1) is 6.92 Å². The average molecular weight is 501 g/mol. The molecule has 0 saturated carbocycles. The normalized spacial score (nSPS) is 17.2. The molecule has 1 saturated heterocycles. The van der Waals surface area contributed by atoms with E-state index in [0.717, 1.165) is 5.56 Å². The summed E-state index contributed by atoms with van der Waals surface area (Å²) in [5.74, 6) is 0. The molecule has 1 N–H and O–H groups in total. The van der Waals surface area contributed by atoms with E-state index in [1.54, 1.807) is 62.4 Å². The molecule has 0 spiro atoms. The monoisotopic (exact) mass is 500 g/mol. The van der Waals surface area contributed by atoms with Crippen molar-refractivity contribution in [2.75, 3.05) is 31.6 Å². The molecule has 10 heteroatoms. The van der Waals surface area contributed by atoms with E-state index in [1.807, 2.05) is 6.92 Å². The summed E-state index contributed by atoms with van der Waals surface area (Å²) in [5.41, 5.74) is 1.70. The number of aryl methyl sites for hydroxylation is 1. The number of nitrogens with zero attached hydrogens (tertiary/aromatic N) is 1. The number of rotatable bonds is 9. The summed E-state index contributed by atoms with van der Waals surface area (Å²) in [5, 5.41) is 2.88. The van der Waals surface area contributed by atoms with Crippen LogP contribution in [0.5, 0.6) is 0 Å². The first-order valence-corrected chi connectivity index (χ1v) is 14.0. The largest absolute Gasteiger partial charge is 0.369 e. The third kappa shape index (κ3) is 5.22. The Morgan fingerprint density at radius 3 is 2.03 bits per heavy atom. The standard InChI is InChI=1S/C22H30ClN2O5PS/c1-4-29-31(26,30-5-2)22(24-20-10-8-19(23)9-11-20)14-16-25(17-15-22)32(27,28)21-12-6-18(3)7-13-21/h6-13,24H,4-5,14-17H2,1-3H3. The van der Waals surface area contributed by atoms with E-state index >= 15 is 0 Å². The smallest absolute Gasteiger partial charge is 0.355 e. The molecule has 1 fully saturated rings. The number of hydrogen-bond donors (Lipinski definition) is 1. The van der Waals surface area contributed by atoms with E-state index in [9.17, 15) is 13.0 Å². The van der Waals surface area contributed by atoms with Gasteiger partial charge in [0.2, 0.25) is 10.0 Å². The van der Waals surface area contributed by atoms with Gasteiger partial charge in [0.15, 0.2) is 0 Å². The van der Waals surface area contributed by atoms with E-state index in [-0.39, 0.29) is 44.0 Å². The van der Waals surface area contributed by atoms with Gasteiger partial charge in [-0.1, -0.05) is 29.3 Å². The molecule has 176 valence electrons. The Morgan fingerprint density at radius 1 is 1.00 bits per heavy atom. The van der Waals surface area contributed by atoms with Crippen LogP contribution in [0.2, 0.25) is 5.02 Å². The van der Waals surface area contributed by atoms with Gasteiger partial charge in [0, 0.05) is 23.8 Å². The number of benzene rings is 2. The summed E-state index contributed by atoms with van der Waals surface area (Å²) in [7, 11) is -7.29. The van der Waals surface area contributed by atoms with Crippen LogP contribution in [0.1, 0.15) is 32.3 Å². The van der Waals surface area contributed by atoms with Crippen LogP contribution in [-0.2, 0) is 23.6 Å². The second-order valence-electron chi connectivity index (χ2n) is 7.71. The quantitative estimate of drug-likeness (QED) is 0.457. The fourth-order valence-corrected chi connectivity index (χ4v) is 7.68. The predicted octanol–water partition coefficient (Wildman–Crippen LogP) is 5.51. The zero-order valence-corrected chi connectivity index (χ0v) is 21.1. The molecule has 0 aliphatic carbocycles. The van der Waals surface area contributed by atoms with Crippen molar-refractivity contribution in [1.82, 2.24) is 4.31 Å². The highest BCUT2D eigenvalue weighted by molar-refractivity contribution is 7.89. The maximum Gasteiger partial charge on any atom is 0.355 e. The molecule has 1 aliphatic rings. The maximum absolute atomic E-state index is 13.9. The SMILES string of the molecule is CCOP(=O)(OCC)C1(Nc2ccc(Cl)cc2)CCN(S(=O)(=O)c2ccc(C)cc2)CC1. The van der Waals surface area contributed by atoms with Gasteiger partial charge in [-0.15, -0.1) is 0 Å². The number of halogens is 1. The molecule has 32 heavy (non-hydrogen) atoms. The summed E-state index contributed by atoms with van der Waals surface area (Å²) in [6.45, 7) is 6.23. The zero-order chi connectivity index (χ0) is 23.4. The molecule has 1 aliphatic heterocycles. The first kappa shape index (κ1) is 25.2. The molecular weight excluding hydrogens is 471 g/mol. The summed E-state index contributed by atoms with van der Waals surface area (Å²) in [6.07, 6.45) is 0.524. The Hall–Kier alpha value is -1.41. The van der Waals surface area contributed by atoms with Crippen LogP contribution < -0.4 is 5.32 Å². The maximum atomic E-state index is 13.9. The number of sulfonamides is 1. The van der Waals surface area contributed by atoms with E-state index in [0.29, 0.717) is 10.7 Å². The fourth-order valence-electron chi connectivity index (χ4n) is 3.85. The molecule has 0 bridgehead atoms. The second kappa shape index (κ2) is 10.2. The van der Waals surface area contributed by atoms with Crippen LogP contribution in [0.4, 0.5) is 5.69 Å². The van der Waals surface area contributed by atoms with Gasteiger partial charge < -0.3 is 14.4 Å². The van der Waals surface area contributed by atoms with Gasteiger partial charge in [-0.2, -0.15) is 4.31 Å². The Kier molecular flexibility index (Phi) is 8.07. The van der Waals surface area contributed by atoms with Crippen molar-refractivity contribution in [3.8, 4) is 0 Å². The third-order valence-electron chi connectivity index (χ3n) is 5.55. The predicted molar refractivity (Wildman–Crippen MR) is 128 cm³/mol. The minimum absolute atomic E-state index is 0.181. The molecular formula is C22H30ClN2O5PS. The molecule has 2 aromatic rings. The van der Waals surface area contributed by atoms with Gasteiger partial charge in [0.05, 0.1) is 18.1 Å². The Labute approximate surface area is 195 Å². The van der Waals surface area contributed by atoms with Crippen LogP contribution in [0.3, 0.4) is 0 Å². The van der Waals surface area contributed by atoms with Crippen molar-refractivity contribution in [1.29, 1.82) is 0 Å². The van der Waals surface area contributed by atoms with Crippen molar-refractivity contribution in [2.45, 2.75) is 43.8 Å². The zero-order valence-electron chi connectivity index (χ0n) is 18.6. The Balaban J connectivity index is 1.91. The van der Waals surface area contributed by atoms with Crippen molar-refractivity contribution < 1.29 is 22.0 Å². The number of nitrogens with one attached hydrogen (secondary N) is 1. The molecule has 7 nitrogen and oxygen atoms in total. The van der Waals surface area contributed by atoms with Gasteiger partial charge in [0.1, 0.15) is 5.28 Å². The molecule has 0 amide bonds. The summed E-state index contributed by atoms with van der Waals surface area (Å²) < 4.78 is 53.1. The van der Waals surface area contributed by atoms with Crippen molar-refractivity contribution >= 4 is 34.9 Å². The first-order chi connectivity index (χ1) is 15.2. The summed E-state index contributed by atoms with van der Waals surface area (Å²) in [6, 6.07) is 13.8. The van der Waals surface area contributed by atoms with Crippen LogP contribution in [0.25, 0.3) is 0 Å². The third-order valence-corrected chi connectivity index (χ3v) is 10.5. The minimum Gasteiger partial charge on any atom is -0.369 e. The number of hydrogen-bond acceptors (Lipinski definition) is 6. The number of anilines is 1. The molecule has 1 heterocycles. The van der Waals surface area contributed by atoms with Crippen molar-refractivity contribution in [3.63, 3.8) is 0 Å². The molecule has 0 radical (unpaired) electrons. The highest BCUT2D eigenvalue weighted by atomic mass is 35.5. The lowest BCUT2D eigenvalue weighted by Gasteiger charge is -2.45.